The van der Waals surface area contributed by atoms with Gasteiger partial charge >= 0.3 is 0 Å². The van der Waals surface area contributed by atoms with Crippen molar-refractivity contribution in [3.8, 4) is 0 Å². The summed E-state index contributed by atoms with van der Waals surface area (Å²) in [6, 6.07) is 5.50. The molecule has 1 aromatic carbocycles. The molecule has 0 saturated carbocycles. The molecular formula is C9H10Br2N2O. The smallest absolute Gasteiger partial charge is 0.253 e. The van der Waals surface area contributed by atoms with Gasteiger partial charge in [0.05, 0.1) is 5.56 Å². The van der Waals surface area contributed by atoms with E-state index in [1.54, 1.807) is 0 Å². The van der Waals surface area contributed by atoms with Crippen LogP contribution >= 0.6 is 31.9 Å². The van der Waals surface area contributed by atoms with Crippen molar-refractivity contribution < 1.29 is 4.79 Å². The molecule has 0 radical (unpaired) electrons. The molecule has 3 N–H and O–H groups in total. The lowest BCUT2D eigenvalue weighted by Gasteiger charge is -2.07. The molecule has 0 atom stereocenters. The van der Waals surface area contributed by atoms with E-state index < -0.39 is 0 Å². The number of nitrogens with one attached hydrogen (secondary N) is 1. The lowest BCUT2D eigenvalue weighted by molar-refractivity contribution is 0.0953. The molecule has 0 fully saturated rings. The summed E-state index contributed by atoms with van der Waals surface area (Å²) in [6.07, 6.45) is 0. The van der Waals surface area contributed by atoms with Crippen LogP contribution in [0.5, 0.6) is 0 Å². The molecule has 76 valence electrons. The van der Waals surface area contributed by atoms with Gasteiger partial charge in [-0.1, -0.05) is 6.07 Å². The zero-order valence-electron chi connectivity index (χ0n) is 7.39. The minimum absolute atomic E-state index is 0.130. The SMILES string of the molecule is NCCNC(=O)c1c(Br)cccc1Br. The quantitative estimate of drug-likeness (QED) is 0.893. The maximum absolute atomic E-state index is 11.6. The standard InChI is InChI=1S/C9H10Br2N2O/c10-6-2-1-3-7(11)8(6)9(14)13-5-4-12/h1-3H,4-5,12H2,(H,13,14). The van der Waals surface area contributed by atoms with Crippen LogP contribution in [0.4, 0.5) is 0 Å². The molecule has 0 bridgehead atoms. The third-order valence-electron chi connectivity index (χ3n) is 1.62. The van der Waals surface area contributed by atoms with Crippen LogP contribution in [-0.4, -0.2) is 19.0 Å². The summed E-state index contributed by atoms with van der Waals surface area (Å²) < 4.78 is 1.53. The zero-order chi connectivity index (χ0) is 10.6. The molecule has 3 nitrogen and oxygen atoms in total. The molecule has 0 aliphatic carbocycles. The van der Waals surface area contributed by atoms with Gasteiger partial charge in [0.1, 0.15) is 0 Å². The number of carbonyl (C=O) groups excluding carboxylic acids is 1. The summed E-state index contributed by atoms with van der Waals surface area (Å²) in [5.74, 6) is -0.130. The van der Waals surface area contributed by atoms with E-state index in [0.29, 0.717) is 18.7 Å². The van der Waals surface area contributed by atoms with Crippen molar-refractivity contribution in [1.82, 2.24) is 5.32 Å². The van der Waals surface area contributed by atoms with Crippen LogP contribution < -0.4 is 11.1 Å². The highest BCUT2D eigenvalue weighted by Crippen LogP contribution is 2.24. The number of amides is 1. The van der Waals surface area contributed by atoms with Crippen molar-refractivity contribution in [3.05, 3.63) is 32.7 Å². The van der Waals surface area contributed by atoms with Crippen LogP contribution in [0.2, 0.25) is 0 Å². The molecule has 0 unspecified atom stereocenters. The van der Waals surface area contributed by atoms with E-state index >= 15 is 0 Å². The molecule has 1 rings (SSSR count). The first-order valence-electron chi connectivity index (χ1n) is 4.09. The van der Waals surface area contributed by atoms with Crippen molar-refractivity contribution in [2.75, 3.05) is 13.1 Å². The van der Waals surface area contributed by atoms with E-state index in [1.807, 2.05) is 18.2 Å². The minimum Gasteiger partial charge on any atom is -0.351 e. The molecule has 0 heterocycles. The van der Waals surface area contributed by atoms with Crippen LogP contribution in [-0.2, 0) is 0 Å². The van der Waals surface area contributed by atoms with E-state index in [4.69, 9.17) is 5.73 Å². The lowest BCUT2D eigenvalue weighted by atomic mass is 10.2. The fourth-order valence-electron chi connectivity index (χ4n) is 0.989. The van der Waals surface area contributed by atoms with Crippen molar-refractivity contribution >= 4 is 37.8 Å². The number of carbonyl (C=O) groups is 1. The van der Waals surface area contributed by atoms with Crippen LogP contribution in [0.3, 0.4) is 0 Å². The number of halogens is 2. The first-order valence-corrected chi connectivity index (χ1v) is 5.67. The predicted molar refractivity (Wildman–Crippen MR) is 63.2 cm³/mol. The lowest BCUT2D eigenvalue weighted by Crippen LogP contribution is -2.29. The normalized spacial score (nSPS) is 9.93. The Morgan fingerprint density at radius 2 is 1.93 bits per heavy atom. The summed E-state index contributed by atoms with van der Waals surface area (Å²) in [5, 5.41) is 2.71. The van der Waals surface area contributed by atoms with Gasteiger partial charge in [-0.25, -0.2) is 0 Å². The molecule has 14 heavy (non-hydrogen) atoms. The number of hydrogen-bond donors (Lipinski definition) is 2. The van der Waals surface area contributed by atoms with Gasteiger partial charge in [0.15, 0.2) is 0 Å². The van der Waals surface area contributed by atoms with E-state index in [9.17, 15) is 4.79 Å². The fraction of sp³-hybridized carbons (Fsp3) is 0.222. The van der Waals surface area contributed by atoms with Crippen LogP contribution in [0, 0.1) is 0 Å². The van der Waals surface area contributed by atoms with E-state index in [1.165, 1.54) is 0 Å². The highest BCUT2D eigenvalue weighted by molar-refractivity contribution is 9.11. The fourth-order valence-corrected chi connectivity index (χ4v) is 2.35. The Balaban J connectivity index is 2.89. The van der Waals surface area contributed by atoms with E-state index in [0.717, 1.165) is 8.95 Å². The minimum atomic E-state index is -0.130. The second kappa shape index (κ2) is 5.48. The van der Waals surface area contributed by atoms with Crippen LogP contribution in [0.25, 0.3) is 0 Å². The average Bonchev–Trinajstić information content (AvgIpc) is 2.14. The maximum atomic E-state index is 11.6. The largest absolute Gasteiger partial charge is 0.351 e. The summed E-state index contributed by atoms with van der Waals surface area (Å²) >= 11 is 6.64. The molecule has 0 spiro atoms. The van der Waals surface area contributed by atoms with Gasteiger partial charge in [-0.05, 0) is 44.0 Å². The predicted octanol–water partition coefficient (Wildman–Crippen LogP) is 1.90. The van der Waals surface area contributed by atoms with Crippen molar-refractivity contribution in [2.45, 2.75) is 0 Å². The summed E-state index contributed by atoms with van der Waals surface area (Å²) in [7, 11) is 0. The molecule has 0 aromatic heterocycles. The van der Waals surface area contributed by atoms with Crippen LogP contribution in [0.15, 0.2) is 27.1 Å². The van der Waals surface area contributed by atoms with Crippen molar-refractivity contribution in [1.29, 1.82) is 0 Å². The van der Waals surface area contributed by atoms with Crippen LogP contribution in [0.1, 0.15) is 10.4 Å². The molecular weight excluding hydrogens is 312 g/mol. The number of benzene rings is 1. The van der Waals surface area contributed by atoms with Gasteiger partial charge in [-0.15, -0.1) is 0 Å². The van der Waals surface area contributed by atoms with Crippen molar-refractivity contribution in [2.24, 2.45) is 5.73 Å². The third kappa shape index (κ3) is 2.80. The monoisotopic (exact) mass is 320 g/mol. The number of rotatable bonds is 3. The Morgan fingerprint density at radius 3 is 2.43 bits per heavy atom. The summed E-state index contributed by atoms with van der Waals surface area (Å²) in [4.78, 5) is 11.6. The first-order chi connectivity index (χ1) is 6.66. The first kappa shape index (κ1) is 11.7. The molecule has 1 amide bonds. The Hall–Kier alpha value is -0.390. The van der Waals surface area contributed by atoms with Gasteiger partial charge in [0, 0.05) is 22.0 Å². The van der Waals surface area contributed by atoms with Gasteiger partial charge in [0.2, 0.25) is 0 Å². The van der Waals surface area contributed by atoms with Gasteiger partial charge in [-0.3, -0.25) is 4.79 Å². The Labute approximate surface area is 99.3 Å². The Kier molecular flexibility index (Phi) is 4.57. The summed E-state index contributed by atoms with van der Waals surface area (Å²) in [5.41, 5.74) is 5.89. The maximum Gasteiger partial charge on any atom is 0.253 e. The van der Waals surface area contributed by atoms with E-state index in [2.05, 4.69) is 37.2 Å². The Bertz CT molecular complexity index is 321. The van der Waals surface area contributed by atoms with Gasteiger partial charge in [-0.2, -0.15) is 0 Å². The second-order valence-corrected chi connectivity index (χ2v) is 4.35. The molecule has 1 aromatic rings. The zero-order valence-corrected chi connectivity index (χ0v) is 10.6. The Morgan fingerprint density at radius 1 is 1.36 bits per heavy atom. The number of nitrogens with two attached hydrogens (primary N) is 1. The highest BCUT2D eigenvalue weighted by atomic mass is 79.9. The number of hydrogen-bond acceptors (Lipinski definition) is 2. The molecule has 0 saturated heterocycles. The molecule has 0 aliphatic heterocycles. The van der Waals surface area contributed by atoms with Crippen molar-refractivity contribution in [3.63, 3.8) is 0 Å². The summed E-state index contributed by atoms with van der Waals surface area (Å²) in [6.45, 7) is 0.917. The topological polar surface area (TPSA) is 55.1 Å². The van der Waals surface area contributed by atoms with E-state index in [-0.39, 0.29) is 5.91 Å². The van der Waals surface area contributed by atoms with Gasteiger partial charge in [0.25, 0.3) is 5.91 Å². The molecule has 0 aliphatic rings. The molecule has 5 heteroatoms. The highest BCUT2D eigenvalue weighted by Gasteiger charge is 2.12. The third-order valence-corrected chi connectivity index (χ3v) is 2.94. The van der Waals surface area contributed by atoms with Gasteiger partial charge < -0.3 is 11.1 Å². The second-order valence-electron chi connectivity index (χ2n) is 2.64. The average molecular weight is 322 g/mol.